The van der Waals surface area contributed by atoms with Gasteiger partial charge in [-0.1, -0.05) is 24.3 Å². The molecule has 1 N–H and O–H groups in total. The third-order valence-corrected chi connectivity index (χ3v) is 3.64. The number of hydrogen-bond acceptors (Lipinski definition) is 3. The van der Waals surface area contributed by atoms with Crippen molar-refractivity contribution in [3.8, 4) is 22.3 Å². The summed E-state index contributed by atoms with van der Waals surface area (Å²) in [7, 11) is 0. The number of hydrogen-bond donors (Lipinski definition) is 1. The summed E-state index contributed by atoms with van der Waals surface area (Å²) >= 11 is 0. The Bertz CT molecular complexity index is 1000. The number of nitrogens with one attached hydrogen (secondary N) is 1. The van der Waals surface area contributed by atoms with Crippen molar-refractivity contribution in [2.45, 2.75) is 0 Å². The highest BCUT2D eigenvalue weighted by molar-refractivity contribution is 5.83. The summed E-state index contributed by atoms with van der Waals surface area (Å²) in [5.74, 6) is 0. The van der Waals surface area contributed by atoms with Gasteiger partial charge in [0.15, 0.2) is 5.65 Å². The van der Waals surface area contributed by atoms with Crippen molar-refractivity contribution in [2.75, 3.05) is 0 Å². The monoisotopic (exact) mass is 288 g/mol. The van der Waals surface area contributed by atoms with E-state index in [0.717, 1.165) is 22.3 Å². The number of nitrogens with zero attached hydrogens (tertiary/aromatic N) is 3. The third-order valence-electron chi connectivity index (χ3n) is 3.64. The lowest BCUT2D eigenvalue weighted by atomic mass is 9.96. The Morgan fingerprint density at radius 1 is 0.864 bits per heavy atom. The summed E-state index contributed by atoms with van der Waals surface area (Å²) in [5, 5.41) is 6.40. The van der Waals surface area contributed by atoms with E-state index < -0.39 is 0 Å². The Hall–Kier alpha value is -3.21. The summed E-state index contributed by atoms with van der Waals surface area (Å²) < 4.78 is 1.51. The molecule has 1 aromatic carbocycles. The summed E-state index contributed by atoms with van der Waals surface area (Å²) in [4.78, 5) is 15.8. The number of pyridine rings is 2. The van der Waals surface area contributed by atoms with Crippen LogP contribution in [0.4, 0.5) is 0 Å². The molecule has 106 valence electrons. The molecule has 0 spiro atoms. The number of aromatic nitrogens is 4. The Kier molecular flexibility index (Phi) is 2.83. The van der Waals surface area contributed by atoms with Crippen molar-refractivity contribution in [1.29, 1.82) is 0 Å². The molecule has 0 aliphatic rings. The van der Waals surface area contributed by atoms with Crippen molar-refractivity contribution in [3.05, 3.63) is 77.6 Å². The van der Waals surface area contributed by atoms with E-state index in [2.05, 4.69) is 21.2 Å². The maximum absolute atomic E-state index is 11.8. The van der Waals surface area contributed by atoms with Crippen LogP contribution in [-0.2, 0) is 0 Å². The van der Waals surface area contributed by atoms with E-state index in [1.807, 2.05) is 42.5 Å². The molecular formula is C17H12N4O. The van der Waals surface area contributed by atoms with Crippen LogP contribution in [0.2, 0.25) is 0 Å². The lowest BCUT2D eigenvalue weighted by Gasteiger charge is -2.10. The van der Waals surface area contributed by atoms with E-state index in [9.17, 15) is 4.79 Å². The molecule has 0 saturated heterocycles. The highest BCUT2D eigenvalue weighted by Gasteiger charge is 2.08. The Labute approximate surface area is 125 Å². The Morgan fingerprint density at radius 2 is 1.59 bits per heavy atom. The van der Waals surface area contributed by atoms with Gasteiger partial charge in [-0.15, -0.1) is 0 Å². The number of H-pyrrole nitrogens is 1. The van der Waals surface area contributed by atoms with Gasteiger partial charge in [0, 0.05) is 18.6 Å². The van der Waals surface area contributed by atoms with Crippen molar-refractivity contribution in [2.24, 2.45) is 0 Å². The van der Waals surface area contributed by atoms with Crippen LogP contribution in [0.1, 0.15) is 0 Å². The summed E-state index contributed by atoms with van der Waals surface area (Å²) in [6.07, 6.45) is 5.35. The predicted octanol–water partition coefficient (Wildman–Crippen LogP) is 2.75. The first-order valence-corrected chi connectivity index (χ1v) is 6.89. The van der Waals surface area contributed by atoms with Crippen LogP contribution in [0.3, 0.4) is 0 Å². The average molecular weight is 288 g/mol. The largest absolute Gasteiger partial charge is 0.347 e. The maximum atomic E-state index is 11.8. The van der Waals surface area contributed by atoms with E-state index in [-0.39, 0.29) is 5.69 Å². The van der Waals surface area contributed by atoms with E-state index in [1.54, 1.807) is 18.6 Å². The van der Waals surface area contributed by atoms with Crippen LogP contribution in [0.15, 0.2) is 71.9 Å². The third kappa shape index (κ3) is 2.00. The molecule has 0 aliphatic heterocycles. The van der Waals surface area contributed by atoms with Crippen LogP contribution in [-0.4, -0.2) is 19.6 Å². The molecule has 0 amide bonds. The van der Waals surface area contributed by atoms with Crippen LogP contribution >= 0.6 is 0 Å². The molecule has 0 radical (unpaired) electrons. The molecule has 0 atom stereocenters. The maximum Gasteiger partial charge on any atom is 0.347 e. The fourth-order valence-corrected chi connectivity index (χ4v) is 2.58. The second-order valence-electron chi connectivity index (χ2n) is 4.96. The van der Waals surface area contributed by atoms with Gasteiger partial charge in [-0.3, -0.25) is 4.98 Å². The summed E-state index contributed by atoms with van der Waals surface area (Å²) in [5.41, 5.74) is 4.58. The SMILES string of the molecule is O=c1[nH]nc2ccc(-c3ccccc3-c3ccncc3)cn12. The first-order chi connectivity index (χ1) is 10.8. The topological polar surface area (TPSA) is 63.0 Å². The zero-order chi connectivity index (χ0) is 14.9. The molecular weight excluding hydrogens is 276 g/mol. The molecule has 0 unspecified atom stereocenters. The first-order valence-electron chi connectivity index (χ1n) is 6.89. The predicted molar refractivity (Wildman–Crippen MR) is 84.5 cm³/mol. The van der Waals surface area contributed by atoms with Crippen LogP contribution in [0, 0.1) is 0 Å². The number of aromatic amines is 1. The van der Waals surface area contributed by atoms with Gasteiger partial charge in [-0.05, 0) is 46.5 Å². The smallest absolute Gasteiger partial charge is 0.265 e. The van der Waals surface area contributed by atoms with Gasteiger partial charge in [-0.25, -0.2) is 14.3 Å². The number of rotatable bonds is 2. The molecule has 5 nitrogen and oxygen atoms in total. The van der Waals surface area contributed by atoms with Gasteiger partial charge >= 0.3 is 5.69 Å². The van der Waals surface area contributed by atoms with Gasteiger partial charge in [0.25, 0.3) is 0 Å². The molecule has 5 heteroatoms. The van der Waals surface area contributed by atoms with E-state index in [0.29, 0.717) is 5.65 Å². The Morgan fingerprint density at radius 3 is 2.36 bits per heavy atom. The van der Waals surface area contributed by atoms with Crippen molar-refractivity contribution >= 4 is 5.65 Å². The fraction of sp³-hybridized carbons (Fsp3) is 0. The molecule has 4 rings (SSSR count). The summed E-state index contributed by atoms with van der Waals surface area (Å²) in [6, 6.07) is 15.8. The van der Waals surface area contributed by atoms with Crippen molar-refractivity contribution in [3.63, 3.8) is 0 Å². The van der Waals surface area contributed by atoms with E-state index in [1.165, 1.54) is 4.40 Å². The van der Waals surface area contributed by atoms with E-state index >= 15 is 0 Å². The second kappa shape index (κ2) is 4.96. The lowest BCUT2D eigenvalue weighted by molar-refractivity contribution is 1.02. The van der Waals surface area contributed by atoms with Crippen molar-refractivity contribution < 1.29 is 0 Å². The standard InChI is InChI=1S/C17H12N4O/c22-17-20-19-16-6-5-13(11-21(16)17)15-4-2-1-3-14(15)12-7-9-18-10-8-12/h1-11H,(H,20,22). The average Bonchev–Trinajstić information content (AvgIpc) is 2.96. The van der Waals surface area contributed by atoms with Gasteiger partial charge in [0.1, 0.15) is 0 Å². The quantitative estimate of drug-likeness (QED) is 0.617. The van der Waals surface area contributed by atoms with Crippen LogP contribution in [0.5, 0.6) is 0 Å². The number of benzene rings is 1. The fourth-order valence-electron chi connectivity index (χ4n) is 2.58. The molecule has 0 bridgehead atoms. The van der Waals surface area contributed by atoms with Crippen LogP contribution < -0.4 is 5.69 Å². The lowest BCUT2D eigenvalue weighted by Crippen LogP contribution is -2.08. The zero-order valence-electron chi connectivity index (χ0n) is 11.6. The van der Waals surface area contributed by atoms with Crippen molar-refractivity contribution in [1.82, 2.24) is 19.6 Å². The van der Waals surface area contributed by atoms with Gasteiger partial charge in [-0.2, -0.15) is 5.10 Å². The van der Waals surface area contributed by atoms with Gasteiger partial charge in [0.2, 0.25) is 0 Å². The highest BCUT2D eigenvalue weighted by atomic mass is 16.1. The molecule has 3 aromatic heterocycles. The minimum absolute atomic E-state index is 0.238. The summed E-state index contributed by atoms with van der Waals surface area (Å²) in [6.45, 7) is 0. The number of fused-ring (bicyclic) bond motifs is 1. The van der Waals surface area contributed by atoms with E-state index in [4.69, 9.17) is 0 Å². The molecule has 0 aliphatic carbocycles. The first kappa shape index (κ1) is 12.5. The molecule has 4 aromatic rings. The minimum atomic E-state index is -0.238. The molecule has 22 heavy (non-hydrogen) atoms. The molecule has 3 heterocycles. The normalized spacial score (nSPS) is 10.9. The van der Waals surface area contributed by atoms with Gasteiger partial charge in [0.05, 0.1) is 0 Å². The zero-order valence-corrected chi connectivity index (χ0v) is 11.6. The highest BCUT2D eigenvalue weighted by Crippen LogP contribution is 2.31. The second-order valence-corrected chi connectivity index (χ2v) is 4.96. The Balaban J connectivity index is 1.95. The molecule has 0 fully saturated rings. The van der Waals surface area contributed by atoms with Crippen LogP contribution in [0.25, 0.3) is 27.9 Å². The van der Waals surface area contributed by atoms with Gasteiger partial charge < -0.3 is 0 Å². The minimum Gasteiger partial charge on any atom is -0.265 e. The molecule has 0 saturated carbocycles.